The summed E-state index contributed by atoms with van der Waals surface area (Å²) in [5.74, 6) is 0.820. The average Bonchev–Trinajstić information content (AvgIpc) is 3.00. The minimum atomic E-state index is 0.411. The van der Waals surface area contributed by atoms with Gasteiger partial charge in [0.05, 0.1) is 0 Å². The van der Waals surface area contributed by atoms with Gasteiger partial charge in [-0.15, -0.1) is 11.6 Å². The van der Waals surface area contributed by atoms with Gasteiger partial charge >= 0.3 is 0 Å². The molecule has 0 saturated heterocycles. The Balaban J connectivity index is 1.82. The maximum Gasteiger partial charge on any atom is 0.0367 e. The van der Waals surface area contributed by atoms with Crippen molar-refractivity contribution in [2.24, 2.45) is 5.92 Å². The van der Waals surface area contributed by atoms with Crippen molar-refractivity contribution < 1.29 is 0 Å². The number of benzene rings is 1. The maximum atomic E-state index is 6.26. The molecule has 0 spiro atoms. The quantitative estimate of drug-likeness (QED) is 0.575. The third-order valence-corrected chi connectivity index (χ3v) is 4.05. The van der Waals surface area contributed by atoms with Crippen LogP contribution in [0.2, 0.25) is 0 Å². The molecule has 1 atom stereocenters. The molecule has 0 radical (unpaired) electrons. The molecule has 0 bridgehead atoms. The summed E-state index contributed by atoms with van der Waals surface area (Å²) in [6.45, 7) is 0. The van der Waals surface area contributed by atoms with Crippen LogP contribution in [0.25, 0.3) is 0 Å². The highest BCUT2D eigenvalue weighted by Crippen LogP contribution is 2.37. The molecule has 1 aromatic rings. The van der Waals surface area contributed by atoms with E-state index in [2.05, 4.69) is 46.9 Å². The first kappa shape index (κ1) is 10.7. The van der Waals surface area contributed by atoms with Crippen LogP contribution in [0.1, 0.15) is 24.8 Å². The van der Waals surface area contributed by atoms with Gasteiger partial charge in [-0.1, -0.05) is 12.1 Å². The van der Waals surface area contributed by atoms with Gasteiger partial charge in [-0.2, -0.15) is 0 Å². The molecular weight excluding hydrogens is 306 g/mol. The van der Waals surface area contributed by atoms with Gasteiger partial charge in [0.2, 0.25) is 0 Å². The lowest BCUT2D eigenvalue weighted by molar-refractivity contribution is 0.676. The second-order valence-corrected chi connectivity index (χ2v) is 5.82. The molecule has 1 unspecified atom stereocenters. The minimum Gasteiger partial charge on any atom is -0.123 e. The van der Waals surface area contributed by atoms with Crippen molar-refractivity contribution in [3.05, 3.63) is 33.4 Å². The van der Waals surface area contributed by atoms with Crippen LogP contribution in [0, 0.1) is 9.49 Å². The van der Waals surface area contributed by atoms with Gasteiger partial charge in [-0.05, 0) is 71.9 Å². The van der Waals surface area contributed by atoms with Crippen LogP contribution in [-0.4, -0.2) is 5.38 Å². The second kappa shape index (κ2) is 4.84. The molecule has 1 aliphatic carbocycles. The molecule has 0 aromatic heterocycles. The summed E-state index contributed by atoms with van der Waals surface area (Å²) >= 11 is 8.59. The van der Waals surface area contributed by atoms with E-state index < -0.39 is 0 Å². The number of rotatable bonds is 4. The molecule has 2 heteroatoms. The van der Waals surface area contributed by atoms with E-state index in [1.54, 1.807) is 0 Å². The van der Waals surface area contributed by atoms with Gasteiger partial charge in [0.25, 0.3) is 0 Å². The third-order valence-electron chi connectivity index (χ3n) is 2.76. The minimum absolute atomic E-state index is 0.411. The fraction of sp³-hybridized carbons (Fsp3) is 0.500. The Kier molecular flexibility index (Phi) is 3.72. The molecule has 1 aliphatic rings. The smallest absolute Gasteiger partial charge is 0.0367 e. The first-order chi connectivity index (χ1) is 6.75. The first-order valence-electron chi connectivity index (χ1n) is 5.14. The van der Waals surface area contributed by atoms with E-state index in [0.717, 1.165) is 18.8 Å². The van der Waals surface area contributed by atoms with E-state index in [-0.39, 0.29) is 0 Å². The number of aryl methyl sites for hydroxylation is 1. The lowest BCUT2D eigenvalue weighted by Gasteiger charge is -2.07. The topological polar surface area (TPSA) is 0 Å². The Labute approximate surface area is 104 Å². The summed E-state index contributed by atoms with van der Waals surface area (Å²) in [6.07, 6.45) is 4.95. The van der Waals surface area contributed by atoms with Crippen molar-refractivity contribution in [2.45, 2.75) is 31.1 Å². The number of hydrogen-bond donors (Lipinski definition) is 0. The zero-order chi connectivity index (χ0) is 9.97. The summed E-state index contributed by atoms with van der Waals surface area (Å²) < 4.78 is 1.30. The zero-order valence-corrected chi connectivity index (χ0v) is 11.0. The summed E-state index contributed by atoms with van der Waals surface area (Å²) in [5, 5.41) is 0.411. The highest BCUT2D eigenvalue weighted by atomic mass is 127. The third kappa shape index (κ3) is 3.13. The molecule has 2 rings (SSSR count). The van der Waals surface area contributed by atoms with Crippen LogP contribution in [-0.2, 0) is 6.42 Å². The van der Waals surface area contributed by atoms with Crippen molar-refractivity contribution in [2.75, 3.05) is 0 Å². The van der Waals surface area contributed by atoms with Crippen LogP contribution >= 0.6 is 34.2 Å². The molecule has 0 nitrogen and oxygen atoms in total. The fourth-order valence-electron chi connectivity index (χ4n) is 1.65. The molecule has 0 aliphatic heterocycles. The van der Waals surface area contributed by atoms with Gasteiger partial charge in [-0.25, -0.2) is 0 Å². The lowest BCUT2D eigenvalue weighted by Crippen LogP contribution is -2.02. The molecule has 1 saturated carbocycles. The molecule has 0 heterocycles. The predicted octanol–water partition coefficient (Wildman–Crippen LogP) is 4.24. The molecular formula is C12H14ClI. The second-order valence-electron chi connectivity index (χ2n) is 4.02. The largest absolute Gasteiger partial charge is 0.123 e. The maximum absolute atomic E-state index is 6.26. The Morgan fingerprint density at radius 2 is 1.93 bits per heavy atom. The van der Waals surface area contributed by atoms with Crippen molar-refractivity contribution in [1.82, 2.24) is 0 Å². The molecule has 0 N–H and O–H groups in total. The highest BCUT2D eigenvalue weighted by Gasteiger charge is 2.28. The Morgan fingerprint density at radius 3 is 2.50 bits per heavy atom. The van der Waals surface area contributed by atoms with Crippen LogP contribution in [0.5, 0.6) is 0 Å². The van der Waals surface area contributed by atoms with Crippen LogP contribution in [0.3, 0.4) is 0 Å². The van der Waals surface area contributed by atoms with Crippen LogP contribution in [0.4, 0.5) is 0 Å². The average molecular weight is 321 g/mol. The summed E-state index contributed by atoms with van der Waals surface area (Å²) in [4.78, 5) is 0. The molecule has 0 amide bonds. The zero-order valence-electron chi connectivity index (χ0n) is 8.05. The normalized spacial score (nSPS) is 18.1. The van der Waals surface area contributed by atoms with Crippen LogP contribution < -0.4 is 0 Å². The molecule has 1 fully saturated rings. The van der Waals surface area contributed by atoms with Gasteiger partial charge in [-0.3, -0.25) is 0 Å². The van der Waals surface area contributed by atoms with Crippen LogP contribution in [0.15, 0.2) is 24.3 Å². The van der Waals surface area contributed by atoms with Gasteiger partial charge in [0, 0.05) is 8.95 Å². The van der Waals surface area contributed by atoms with Crippen molar-refractivity contribution in [1.29, 1.82) is 0 Å². The lowest BCUT2D eigenvalue weighted by atomic mass is 10.1. The molecule has 14 heavy (non-hydrogen) atoms. The van der Waals surface area contributed by atoms with E-state index in [4.69, 9.17) is 11.6 Å². The van der Waals surface area contributed by atoms with Gasteiger partial charge in [0.15, 0.2) is 0 Å². The van der Waals surface area contributed by atoms with E-state index in [9.17, 15) is 0 Å². The van der Waals surface area contributed by atoms with E-state index in [0.29, 0.717) is 5.38 Å². The molecule has 1 aromatic carbocycles. The van der Waals surface area contributed by atoms with E-state index in [1.807, 2.05) is 0 Å². The van der Waals surface area contributed by atoms with Crippen molar-refractivity contribution in [3.8, 4) is 0 Å². The number of alkyl halides is 1. The predicted molar refractivity (Wildman–Crippen MR) is 69.8 cm³/mol. The van der Waals surface area contributed by atoms with Gasteiger partial charge in [0.1, 0.15) is 0 Å². The number of halogens is 2. The van der Waals surface area contributed by atoms with E-state index >= 15 is 0 Å². The number of hydrogen-bond acceptors (Lipinski definition) is 0. The Morgan fingerprint density at radius 1 is 1.29 bits per heavy atom. The van der Waals surface area contributed by atoms with E-state index in [1.165, 1.54) is 22.0 Å². The van der Waals surface area contributed by atoms with Gasteiger partial charge < -0.3 is 0 Å². The fourth-order valence-corrected chi connectivity index (χ4v) is 2.37. The monoisotopic (exact) mass is 320 g/mol. The Hall–Kier alpha value is 0.240. The Bertz CT molecular complexity index is 290. The standard InChI is InChI=1S/C12H14ClI/c13-12(10-4-5-10)8-3-9-1-6-11(14)7-2-9/h1-2,6-7,10,12H,3-5,8H2. The highest BCUT2D eigenvalue weighted by molar-refractivity contribution is 14.1. The van der Waals surface area contributed by atoms with Crippen molar-refractivity contribution in [3.63, 3.8) is 0 Å². The SMILES string of the molecule is ClC(CCc1ccc(I)cc1)C1CC1. The molecule has 76 valence electrons. The summed E-state index contributed by atoms with van der Waals surface area (Å²) in [7, 11) is 0. The first-order valence-corrected chi connectivity index (χ1v) is 6.66. The summed E-state index contributed by atoms with van der Waals surface area (Å²) in [6, 6.07) is 8.74. The van der Waals surface area contributed by atoms with Crippen molar-refractivity contribution >= 4 is 34.2 Å². The summed E-state index contributed by atoms with van der Waals surface area (Å²) in [5.41, 5.74) is 1.41.